The van der Waals surface area contributed by atoms with Gasteiger partial charge in [0.25, 0.3) is 10.0 Å². The molecule has 1 aliphatic rings. The predicted octanol–water partition coefficient (Wildman–Crippen LogP) is 2.67. The zero-order chi connectivity index (χ0) is 19.6. The number of hydroxylamine groups is 1. The van der Waals surface area contributed by atoms with Crippen molar-refractivity contribution in [1.29, 1.82) is 0 Å². The van der Waals surface area contributed by atoms with E-state index in [-0.39, 0.29) is 23.0 Å². The molecule has 0 saturated carbocycles. The van der Waals surface area contributed by atoms with E-state index in [0.29, 0.717) is 11.3 Å². The van der Waals surface area contributed by atoms with Gasteiger partial charge < -0.3 is 4.74 Å². The molecule has 0 bridgehead atoms. The maximum atomic E-state index is 12.6. The molecule has 1 heterocycles. The van der Waals surface area contributed by atoms with Crippen LogP contribution in [-0.2, 0) is 19.6 Å². The van der Waals surface area contributed by atoms with Crippen molar-refractivity contribution >= 4 is 21.7 Å². The molecule has 1 fully saturated rings. The van der Waals surface area contributed by atoms with Crippen LogP contribution in [0.3, 0.4) is 0 Å². The minimum absolute atomic E-state index is 0.00825. The average Bonchev–Trinajstić information content (AvgIpc) is 3.00. The molecule has 2 aromatic rings. The number of benzene rings is 2. The van der Waals surface area contributed by atoms with Crippen molar-refractivity contribution in [2.75, 3.05) is 11.8 Å². The van der Waals surface area contributed by atoms with Gasteiger partial charge in [0, 0.05) is 17.6 Å². The van der Waals surface area contributed by atoms with Crippen molar-refractivity contribution in [3.8, 4) is 0 Å². The molecule has 2 N–H and O–H groups in total. The third-order valence-corrected chi connectivity index (χ3v) is 6.01. The van der Waals surface area contributed by atoms with Crippen LogP contribution in [0.1, 0.15) is 35.7 Å². The maximum absolute atomic E-state index is 12.6. The molecule has 1 aliphatic heterocycles. The van der Waals surface area contributed by atoms with Crippen molar-refractivity contribution in [3.05, 3.63) is 59.7 Å². The number of hydrogen-bond donors (Lipinski definition) is 2. The molecule has 3 atom stereocenters. The van der Waals surface area contributed by atoms with Crippen LogP contribution in [0, 0.1) is 0 Å². The summed E-state index contributed by atoms with van der Waals surface area (Å²) in [4.78, 5) is 17.0. The second-order valence-electron chi connectivity index (χ2n) is 6.50. The van der Waals surface area contributed by atoms with Crippen LogP contribution in [0.4, 0.5) is 5.69 Å². The summed E-state index contributed by atoms with van der Waals surface area (Å²) in [7, 11) is -2.44. The Bertz CT molecular complexity index is 900. The molecule has 2 aromatic carbocycles. The Balaban J connectivity index is 1.76. The Hall–Kier alpha value is -2.42. The topological polar surface area (TPSA) is 93.7 Å². The molecule has 3 rings (SSSR count). The smallest absolute Gasteiger partial charge is 0.337 e. The van der Waals surface area contributed by atoms with E-state index >= 15 is 0 Å². The SMILES string of the molecule is COC(=O)c1ccc(NS(=O)(=O)c2ccc(C3C(C)NOC3C)cc2)cc1. The van der Waals surface area contributed by atoms with Gasteiger partial charge in [0.1, 0.15) is 0 Å². The van der Waals surface area contributed by atoms with Gasteiger partial charge in [-0.2, -0.15) is 5.48 Å². The summed E-state index contributed by atoms with van der Waals surface area (Å²) in [6.45, 7) is 4.00. The first-order valence-electron chi connectivity index (χ1n) is 8.54. The fraction of sp³-hybridized carbons (Fsp3) is 0.316. The molecular weight excluding hydrogens is 368 g/mol. The number of nitrogens with one attached hydrogen (secondary N) is 2. The molecule has 0 aliphatic carbocycles. The zero-order valence-corrected chi connectivity index (χ0v) is 16.1. The van der Waals surface area contributed by atoms with Gasteiger partial charge in [-0.05, 0) is 55.8 Å². The van der Waals surface area contributed by atoms with Crippen LogP contribution in [0.5, 0.6) is 0 Å². The molecule has 0 aromatic heterocycles. The molecule has 1 saturated heterocycles. The number of carbonyl (C=O) groups is 1. The number of carbonyl (C=O) groups excluding carboxylic acids is 1. The van der Waals surface area contributed by atoms with Gasteiger partial charge in [0.15, 0.2) is 0 Å². The van der Waals surface area contributed by atoms with E-state index in [0.717, 1.165) is 5.56 Å². The average molecular weight is 390 g/mol. The first-order chi connectivity index (χ1) is 12.8. The minimum Gasteiger partial charge on any atom is -0.465 e. The minimum atomic E-state index is -3.73. The Morgan fingerprint density at radius 3 is 2.22 bits per heavy atom. The highest BCUT2D eigenvalue weighted by Crippen LogP contribution is 2.30. The van der Waals surface area contributed by atoms with Gasteiger partial charge in [-0.25, -0.2) is 13.2 Å². The van der Waals surface area contributed by atoms with Gasteiger partial charge in [-0.3, -0.25) is 9.56 Å². The molecule has 3 unspecified atom stereocenters. The normalized spacial score (nSPS) is 22.4. The van der Waals surface area contributed by atoms with Crippen molar-refractivity contribution in [1.82, 2.24) is 5.48 Å². The van der Waals surface area contributed by atoms with Crippen LogP contribution >= 0.6 is 0 Å². The summed E-state index contributed by atoms with van der Waals surface area (Å²) in [5, 5.41) is 0. The Labute approximate surface area is 158 Å². The van der Waals surface area contributed by atoms with Gasteiger partial charge in [-0.1, -0.05) is 12.1 Å². The second-order valence-corrected chi connectivity index (χ2v) is 8.18. The number of rotatable bonds is 5. The van der Waals surface area contributed by atoms with Gasteiger partial charge in [-0.15, -0.1) is 0 Å². The Morgan fingerprint density at radius 2 is 1.70 bits per heavy atom. The summed E-state index contributed by atoms with van der Waals surface area (Å²) in [5.41, 5.74) is 4.67. The monoisotopic (exact) mass is 390 g/mol. The summed E-state index contributed by atoms with van der Waals surface area (Å²) in [6, 6.07) is 13.0. The van der Waals surface area contributed by atoms with Crippen molar-refractivity contribution in [3.63, 3.8) is 0 Å². The van der Waals surface area contributed by atoms with E-state index in [2.05, 4.69) is 14.9 Å². The molecule has 0 radical (unpaired) electrons. The lowest BCUT2D eigenvalue weighted by Crippen LogP contribution is -2.22. The summed E-state index contributed by atoms with van der Waals surface area (Å²) in [6.07, 6.45) is 0.00825. The first-order valence-corrected chi connectivity index (χ1v) is 10.0. The number of hydrogen-bond acceptors (Lipinski definition) is 6. The molecular formula is C19H22N2O5S. The van der Waals surface area contributed by atoms with Gasteiger partial charge in [0.2, 0.25) is 0 Å². The van der Waals surface area contributed by atoms with Crippen LogP contribution in [0.2, 0.25) is 0 Å². The van der Waals surface area contributed by atoms with Gasteiger partial charge >= 0.3 is 5.97 Å². The van der Waals surface area contributed by atoms with E-state index in [9.17, 15) is 13.2 Å². The number of esters is 1. The molecule has 144 valence electrons. The summed E-state index contributed by atoms with van der Waals surface area (Å²) >= 11 is 0. The molecule has 7 nitrogen and oxygen atoms in total. The lowest BCUT2D eigenvalue weighted by Gasteiger charge is -2.17. The van der Waals surface area contributed by atoms with Crippen LogP contribution < -0.4 is 10.2 Å². The quantitative estimate of drug-likeness (QED) is 0.763. The summed E-state index contributed by atoms with van der Waals surface area (Å²) in [5.74, 6) is -0.325. The predicted molar refractivity (Wildman–Crippen MR) is 101 cm³/mol. The lowest BCUT2D eigenvalue weighted by atomic mass is 9.90. The lowest BCUT2D eigenvalue weighted by molar-refractivity contribution is 0.0354. The van der Waals surface area contributed by atoms with E-state index in [4.69, 9.17) is 4.84 Å². The third kappa shape index (κ3) is 4.13. The van der Waals surface area contributed by atoms with E-state index in [1.54, 1.807) is 12.1 Å². The number of methoxy groups -OCH3 is 1. The van der Waals surface area contributed by atoms with Crippen molar-refractivity contribution in [2.45, 2.75) is 36.8 Å². The standard InChI is InChI=1S/C19H22N2O5S/c1-12-18(13(2)26-20-12)14-6-10-17(11-7-14)27(23,24)21-16-8-4-15(5-9-16)19(22)25-3/h4-13,18,20-21H,1-3H3. The van der Waals surface area contributed by atoms with Crippen LogP contribution in [-0.4, -0.2) is 33.6 Å². The van der Waals surface area contributed by atoms with Crippen molar-refractivity contribution in [2.24, 2.45) is 0 Å². The van der Waals surface area contributed by atoms with Crippen LogP contribution in [0.15, 0.2) is 53.4 Å². The fourth-order valence-electron chi connectivity index (χ4n) is 3.20. The Kier molecular flexibility index (Phi) is 5.50. The highest BCUT2D eigenvalue weighted by atomic mass is 32.2. The molecule has 8 heteroatoms. The number of anilines is 1. The van der Waals surface area contributed by atoms with E-state index < -0.39 is 16.0 Å². The fourth-order valence-corrected chi connectivity index (χ4v) is 4.26. The maximum Gasteiger partial charge on any atom is 0.337 e. The summed E-state index contributed by atoms with van der Waals surface area (Å²) < 4.78 is 32.3. The molecule has 0 amide bonds. The number of ether oxygens (including phenoxy) is 1. The largest absolute Gasteiger partial charge is 0.465 e. The van der Waals surface area contributed by atoms with Gasteiger partial charge in [0.05, 0.1) is 23.7 Å². The number of sulfonamides is 1. The highest BCUT2D eigenvalue weighted by Gasteiger charge is 2.32. The van der Waals surface area contributed by atoms with Crippen LogP contribution in [0.25, 0.3) is 0 Å². The zero-order valence-electron chi connectivity index (χ0n) is 15.3. The first kappa shape index (κ1) is 19.3. The Morgan fingerprint density at radius 1 is 1.07 bits per heavy atom. The van der Waals surface area contributed by atoms with E-state index in [1.807, 2.05) is 26.0 Å². The molecule has 0 spiro atoms. The van der Waals surface area contributed by atoms with E-state index in [1.165, 1.54) is 31.4 Å². The molecule has 27 heavy (non-hydrogen) atoms. The van der Waals surface area contributed by atoms with Crippen molar-refractivity contribution < 1.29 is 22.8 Å². The highest BCUT2D eigenvalue weighted by molar-refractivity contribution is 7.92. The second kappa shape index (κ2) is 7.67. The third-order valence-electron chi connectivity index (χ3n) is 4.62.